The van der Waals surface area contributed by atoms with Crippen molar-refractivity contribution in [2.45, 2.75) is 18.9 Å². The number of phenols is 1. The number of phenolic OH excluding ortho intramolecular Hbond substituents is 1. The first-order valence-corrected chi connectivity index (χ1v) is 12.9. The van der Waals surface area contributed by atoms with Crippen molar-refractivity contribution in [3.05, 3.63) is 78.9 Å². The minimum atomic E-state index is -0.493. The molecule has 2 aromatic carbocycles. The molecule has 1 fully saturated rings. The first-order valence-electron chi connectivity index (χ1n) is 12.9. The van der Waals surface area contributed by atoms with Crippen LogP contribution in [0.3, 0.4) is 0 Å². The van der Waals surface area contributed by atoms with Crippen LogP contribution >= 0.6 is 0 Å². The van der Waals surface area contributed by atoms with E-state index in [2.05, 4.69) is 25.5 Å². The second-order valence-corrected chi connectivity index (χ2v) is 9.79. The Hall–Kier alpha value is -4.76. The molecule has 6 aromatic rings. The van der Waals surface area contributed by atoms with Crippen molar-refractivity contribution in [3.8, 4) is 45.3 Å². The third-order valence-corrected chi connectivity index (χ3v) is 7.12. The SMILES string of the molecule is Oc1cc(F)cc(-c2cccc3[nH]c(-c4n[nH]c5ccc(-c6cncc(OC7CCNCC7)c6)nc45)cc23)c1. The quantitative estimate of drug-likeness (QED) is 0.228. The molecule has 4 aromatic heterocycles. The predicted octanol–water partition coefficient (Wildman–Crippen LogP) is 5.81. The lowest BCUT2D eigenvalue weighted by Gasteiger charge is -2.23. The first kappa shape index (κ1) is 23.4. The Morgan fingerprint density at radius 2 is 1.82 bits per heavy atom. The highest BCUT2D eigenvalue weighted by Crippen LogP contribution is 2.35. The lowest BCUT2D eigenvalue weighted by atomic mass is 10.0. The summed E-state index contributed by atoms with van der Waals surface area (Å²) in [5.41, 5.74) is 6.85. The highest BCUT2D eigenvalue weighted by atomic mass is 19.1. The van der Waals surface area contributed by atoms with Crippen LogP contribution < -0.4 is 10.1 Å². The molecule has 0 spiro atoms. The molecule has 0 atom stereocenters. The molecule has 4 N–H and O–H groups in total. The van der Waals surface area contributed by atoms with Crippen LogP contribution in [-0.2, 0) is 0 Å². The Morgan fingerprint density at radius 1 is 0.923 bits per heavy atom. The maximum absolute atomic E-state index is 14.0. The van der Waals surface area contributed by atoms with Crippen molar-refractivity contribution in [2.24, 2.45) is 0 Å². The van der Waals surface area contributed by atoms with Crippen LogP contribution in [0.15, 0.2) is 73.1 Å². The number of hydrogen-bond donors (Lipinski definition) is 4. The number of ether oxygens (including phenoxy) is 1. The smallest absolute Gasteiger partial charge is 0.138 e. The number of benzene rings is 2. The number of halogens is 1. The Labute approximate surface area is 222 Å². The number of aromatic nitrogens is 5. The summed E-state index contributed by atoms with van der Waals surface area (Å²) in [6.07, 6.45) is 5.65. The van der Waals surface area contributed by atoms with E-state index in [9.17, 15) is 9.50 Å². The molecular formula is C30H25FN6O2. The van der Waals surface area contributed by atoms with Gasteiger partial charge in [0.2, 0.25) is 0 Å². The summed E-state index contributed by atoms with van der Waals surface area (Å²) in [6, 6.07) is 17.7. The van der Waals surface area contributed by atoms with Crippen LogP contribution in [0.4, 0.5) is 4.39 Å². The van der Waals surface area contributed by atoms with Crippen LogP contribution in [0.25, 0.3) is 55.7 Å². The average Bonchev–Trinajstić information content (AvgIpc) is 3.57. The van der Waals surface area contributed by atoms with Gasteiger partial charge < -0.3 is 20.1 Å². The molecule has 0 radical (unpaired) electrons. The maximum Gasteiger partial charge on any atom is 0.138 e. The molecule has 0 amide bonds. The van der Waals surface area contributed by atoms with Gasteiger partial charge in [-0.15, -0.1) is 0 Å². The van der Waals surface area contributed by atoms with Crippen molar-refractivity contribution in [1.82, 2.24) is 30.5 Å². The second kappa shape index (κ2) is 9.52. The Bertz CT molecular complexity index is 1800. The third kappa shape index (κ3) is 4.46. The molecular weight excluding hydrogens is 495 g/mol. The van der Waals surface area contributed by atoms with E-state index in [0.717, 1.165) is 76.7 Å². The number of piperidine rings is 1. The van der Waals surface area contributed by atoms with Gasteiger partial charge in [0.25, 0.3) is 0 Å². The molecule has 0 bridgehead atoms. The molecule has 1 saturated heterocycles. The van der Waals surface area contributed by atoms with Gasteiger partial charge in [-0.25, -0.2) is 9.37 Å². The highest BCUT2D eigenvalue weighted by molar-refractivity contribution is 6.00. The van der Waals surface area contributed by atoms with E-state index in [0.29, 0.717) is 16.8 Å². The van der Waals surface area contributed by atoms with Crippen molar-refractivity contribution >= 4 is 21.9 Å². The zero-order chi connectivity index (χ0) is 26.3. The fourth-order valence-electron chi connectivity index (χ4n) is 5.24. The minimum Gasteiger partial charge on any atom is -0.508 e. The summed E-state index contributed by atoms with van der Waals surface area (Å²) in [6.45, 7) is 1.92. The Balaban J connectivity index is 1.26. The predicted molar refractivity (Wildman–Crippen MR) is 148 cm³/mol. The molecule has 0 aliphatic carbocycles. The number of rotatable bonds is 5. The molecule has 8 nitrogen and oxygen atoms in total. The fraction of sp³-hybridized carbons (Fsp3) is 0.167. The lowest BCUT2D eigenvalue weighted by Crippen LogP contribution is -2.34. The largest absolute Gasteiger partial charge is 0.508 e. The standard InChI is InChI=1S/C30H25FN6O2/c31-19-10-17(11-20(38)13-19)23-2-1-3-26-24(23)14-28(34-26)30-29-27(36-37-30)5-4-25(35-29)18-12-22(16-33-15-18)39-21-6-8-32-9-7-21/h1-5,10-16,21,32,34,38H,6-9H2,(H,36,37). The molecule has 194 valence electrons. The summed E-state index contributed by atoms with van der Waals surface area (Å²) in [7, 11) is 0. The summed E-state index contributed by atoms with van der Waals surface area (Å²) >= 11 is 0. The molecule has 9 heteroatoms. The molecule has 5 heterocycles. The summed E-state index contributed by atoms with van der Waals surface area (Å²) in [5, 5.41) is 21.8. The number of hydrogen-bond acceptors (Lipinski definition) is 6. The van der Waals surface area contributed by atoms with Crippen molar-refractivity contribution in [2.75, 3.05) is 13.1 Å². The monoisotopic (exact) mass is 520 g/mol. The number of pyridine rings is 2. The molecule has 1 aliphatic heterocycles. The van der Waals surface area contributed by atoms with Gasteiger partial charge in [0, 0.05) is 28.7 Å². The van der Waals surface area contributed by atoms with E-state index in [1.165, 1.54) is 6.07 Å². The van der Waals surface area contributed by atoms with Crippen LogP contribution in [0.2, 0.25) is 0 Å². The van der Waals surface area contributed by atoms with Crippen LogP contribution in [-0.4, -0.2) is 49.4 Å². The molecule has 7 rings (SSSR count). The number of aromatic amines is 2. The molecule has 1 aliphatic rings. The topological polar surface area (TPSA) is 112 Å². The van der Waals surface area contributed by atoms with E-state index >= 15 is 0 Å². The van der Waals surface area contributed by atoms with E-state index in [-0.39, 0.29) is 11.9 Å². The van der Waals surface area contributed by atoms with Crippen molar-refractivity contribution in [3.63, 3.8) is 0 Å². The minimum absolute atomic E-state index is 0.118. The highest BCUT2D eigenvalue weighted by Gasteiger charge is 2.18. The van der Waals surface area contributed by atoms with Gasteiger partial charge in [0.1, 0.15) is 34.6 Å². The van der Waals surface area contributed by atoms with Crippen molar-refractivity contribution in [1.29, 1.82) is 0 Å². The van der Waals surface area contributed by atoms with E-state index in [1.807, 2.05) is 42.5 Å². The summed E-state index contributed by atoms with van der Waals surface area (Å²) in [5.74, 6) is 0.125. The van der Waals surface area contributed by atoms with Crippen LogP contribution in [0.5, 0.6) is 11.5 Å². The molecule has 0 unspecified atom stereocenters. The van der Waals surface area contributed by atoms with Gasteiger partial charge >= 0.3 is 0 Å². The average molecular weight is 521 g/mol. The van der Waals surface area contributed by atoms with Crippen molar-refractivity contribution < 1.29 is 14.2 Å². The number of nitrogens with zero attached hydrogens (tertiary/aromatic N) is 3. The molecule has 39 heavy (non-hydrogen) atoms. The number of H-pyrrole nitrogens is 2. The Kier molecular flexibility index (Phi) is 5.70. The number of nitrogens with one attached hydrogen (secondary N) is 3. The zero-order valence-corrected chi connectivity index (χ0v) is 20.9. The lowest BCUT2D eigenvalue weighted by molar-refractivity contribution is 0.162. The van der Waals surface area contributed by atoms with Gasteiger partial charge in [0.05, 0.1) is 23.1 Å². The van der Waals surface area contributed by atoms with E-state index in [1.54, 1.807) is 18.5 Å². The summed E-state index contributed by atoms with van der Waals surface area (Å²) < 4.78 is 20.2. The number of fused-ring (bicyclic) bond motifs is 2. The summed E-state index contributed by atoms with van der Waals surface area (Å²) in [4.78, 5) is 12.8. The van der Waals surface area contributed by atoms with Gasteiger partial charge in [0.15, 0.2) is 0 Å². The normalized spacial score (nSPS) is 14.3. The van der Waals surface area contributed by atoms with Gasteiger partial charge in [-0.05, 0) is 79.5 Å². The van der Waals surface area contributed by atoms with Crippen LogP contribution in [0, 0.1) is 5.82 Å². The molecule has 0 saturated carbocycles. The van der Waals surface area contributed by atoms with E-state index in [4.69, 9.17) is 9.72 Å². The van der Waals surface area contributed by atoms with Gasteiger partial charge in [-0.1, -0.05) is 12.1 Å². The fourth-order valence-corrected chi connectivity index (χ4v) is 5.24. The second-order valence-electron chi connectivity index (χ2n) is 9.79. The third-order valence-electron chi connectivity index (χ3n) is 7.12. The first-order chi connectivity index (χ1) is 19.1. The number of aromatic hydroxyl groups is 1. The maximum atomic E-state index is 14.0. The van der Waals surface area contributed by atoms with Crippen LogP contribution in [0.1, 0.15) is 12.8 Å². The van der Waals surface area contributed by atoms with Gasteiger partial charge in [-0.2, -0.15) is 5.10 Å². The van der Waals surface area contributed by atoms with Gasteiger partial charge in [-0.3, -0.25) is 10.1 Å². The Morgan fingerprint density at radius 3 is 2.69 bits per heavy atom. The van der Waals surface area contributed by atoms with E-state index < -0.39 is 5.82 Å². The zero-order valence-electron chi connectivity index (χ0n) is 20.9.